The Balaban J connectivity index is 0.000000356. The number of hydrogen-bond donors (Lipinski definition) is 11. The molecule has 0 radical (unpaired) electrons. The lowest BCUT2D eigenvalue weighted by Gasteiger charge is -2.33. The van der Waals surface area contributed by atoms with Gasteiger partial charge in [-0.2, -0.15) is 39.5 Å². The van der Waals surface area contributed by atoms with Crippen LogP contribution in [-0.2, 0) is 23.9 Å². The molecule has 2 amide bonds. The predicted octanol–water partition coefficient (Wildman–Crippen LogP) is 7.37. The molecule has 6 aromatic carbocycles. The summed E-state index contributed by atoms with van der Waals surface area (Å²) in [6.45, 7) is 1.24. The number of rotatable bonds is 13. The van der Waals surface area contributed by atoms with Crippen molar-refractivity contribution >= 4 is 52.6 Å². The second-order valence-corrected chi connectivity index (χ2v) is 20.7. The molecule has 6 rings (SSSR count). The summed E-state index contributed by atoms with van der Waals surface area (Å²) in [7, 11) is 2.96. The van der Waals surface area contributed by atoms with E-state index >= 15 is 0 Å². The van der Waals surface area contributed by atoms with Gasteiger partial charge >= 0.3 is 36.4 Å². The first-order valence-electron chi connectivity index (χ1n) is 27.9. The van der Waals surface area contributed by atoms with E-state index < -0.39 is 95.3 Å². The van der Waals surface area contributed by atoms with E-state index in [1.165, 1.54) is 60.7 Å². The lowest BCUT2D eigenvalue weighted by molar-refractivity contribution is -0.271. The van der Waals surface area contributed by atoms with Gasteiger partial charge in [0.2, 0.25) is 0 Å². The van der Waals surface area contributed by atoms with Crippen LogP contribution in [0.1, 0.15) is 91.6 Å². The van der Waals surface area contributed by atoms with Crippen LogP contribution in [0.5, 0.6) is 0 Å². The minimum atomic E-state index is -5.26. The van der Waals surface area contributed by atoms with Crippen molar-refractivity contribution in [3.05, 3.63) is 196 Å². The zero-order valence-electron chi connectivity index (χ0n) is 52.4. The standard InChI is InChI=1S/C24H20F3NO4.C22H18F3N3O4.C17H11NO2.C7H12F3NO3/c1-23(31,24(25,26)27)20(22(30)32-2)15-21(29)18-11-7-16(8-12-18)5-3-4-6-17-9-13-19(28)14-10-17;1-21(31,22(23,24)25)18(20(30)28-32)27-19(29)16-10-6-14(7-11-16)4-2-3-5-15-8-12-17(26)13-9-15;18-16-11-7-14(8-12-16)4-2-1-3-13-5-9-15(10-6-13)17(19)20;1-6(13,7(8,9)10)4(11-2)5(12)14-3/h7-14,20,31H,15,28H2,1-2H3;6-13,18,31-32H,26H2,1H3,(H,27,29)(H,28,30);5-12H,18H2,(H,19,20);4,11,13H,1-3H3/t20-,23+;18-,21+;;4-,6+/m11.1/s1. The van der Waals surface area contributed by atoms with Gasteiger partial charge in [-0.1, -0.05) is 47.7 Å². The molecule has 512 valence electrons. The SMILES string of the molecule is CN[C@H](C(=O)OC)[C@](C)(O)C(F)(F)F.COC(=O)[C@@H](CC(=O)c1ccc(C#CC#Cc2ccc(N)cc2)cc1)[C@](C)(O)C(F)(F)F.C[C@](O)([C@H](NC(=O)c1ccc(C#CC#Cc2ccc(N)cc2)cc1)C(=O)NO)C(F)(F)F.Nc1ccc(C#CC#Cc2ccc(C(=O)O)cc2)cc1. The van der Waals surface area contributed by atoms with Crippen LogP contribution in [0.2, 0.25) is 0 Å². The first-order valence-corrected chi connectivity index (χ1v) is 27.9. The molecule has 0 bridgehead atoms. The fraction of sp³-hybridized carbons (Fsp3) is 0.229. The Labute approximate surface area is 555 Å². The zero-order valence-corrected chi connectivity index (χ0v) is 52.4. The number of halogens is 9. The highest BCUT2D eigenvalue weighted by molar-refractivity contribution is 5.99. The summed E-state index contributed by atoms with van der Waals surface area (Å²) in [4.78, 5) is 69.7. The number of carbonyl (C=O) groups is 6. The topological polar surface area (TPSA) is 336 Å². The Morgan fingerprint density at radius 2 is 0.714 bits per heavy atom. The molecule has 0 spiro atoms. The number of Topliss-reactive ketones (excluding diaryl/α,β-unsaturated/α-hetero) is 1. The number of likely N-dealkylation sites (N-methyl/N-ethyl adjacent to an activating group) is 1. The number of benzene rings is 6. The van der Waals surface area contributed by atoms with Gasteiger partial charge in [0, 0.05) is 68.0 Å². The van der Waals surface area contributed by atoms with Crippen LogP contribution in [0.4, 0.5) is 56.6 Å². The van der Waals surface area contributed by atoms with Gasteiger partial charge in [-0.15, -0.1) is 0 Å². The molecule has 98 heavy (non-hydrogen) atoms. The molecule has 0 aliphatic heterocycles. The van der Waals surface area contributed by atoms with Crippen molar-refractivity contribution < 1.29 is 103 Å². The second kappa shape index (κ2) is 36.2. The minimum Gasteiger partial charge on any atom is -0.478 e. The van der Waals surface area contributed by atoms with Crippen LogP contribution in [0.25, 0.3) is 0 Å². The average Bonchev–Trinajstić information content (AvgIpc) is 0.805. The number of nitrogen functional groups attached to an aromatic ring is 3. The van der Waals surface area contributed by atoms with Crippen molar-refractivity contribution in [2.24, 2.45) is 5.92 Å². The molecule has 0 aromatic heterocycles. The average molecular weight is 1370 g/mol. The largest absolute Gasteiger partial charge is 0.478 e. The number of carboxylic acid groups (broad SMARTS) is 1. The number of ether oxygens (including phenoxy) is 2. The number of hydrogen-bond acceptors (Lipinski definition) is 16. The number of nitrogens with two attached hydrogens (primary N) is 3. The predicted molar refractivity (Wildman–Crippen MR) is 341 cm³/mol. The van der Waals surface area contributed by atoms with Gasteiger partial charge in [-0.25, -0.2) is 10.3 Å². The van der Waals surface area contributed by atoms with Gasteiger partial charge < -0.3 is 57.7 Å². The molecule has 0 aliphatic carbocycles. The number of anilines is 3. The van der Waals surface area contributed by atoms with E-state index in [1.54, 1.807) is 78.1 Å². The van der Waals surface area contributed by atoms with Crippen LogP contribution in [0, 0.1) is 77.0 Å². The van der Waals surface area contributed by atoms with Gasteiger partial charge in [0.25, 0.3) is 11.8 Å². The number of amides is 2. The van der Waals surface area contributed by atoms with E-state index in [4.69, 9.17) is 32.6 Å². The molecular formula is C70H61F9N6O13. The van der Waals surface area contributed by atoms with Crippen molar-refractivity contribution in [2.45, 2.75) is 74.6 Å². The minimum absolute atomic E-state index is 0.0652. The van der Waals surface area contributed by atoms with Crippen LogP contribution in [0.3, 0.4) is 0 Å². The summed E-state index contributed by atoms with van der Waals surface area (Å²) in [5, 5.41) is 50.0. The molecular weight excluding hydrogens is 1300 g/mol. The molecule has 0 unspecified atom stereocenters. The molecule has 0 heterocycles. The van der Waals surface area contributed by atoms with Crippen LogP contribution < -0.4 is 33.3 Å². The third-order valence-electron chi connectivity index (χ3n) is 13.4. The molecule has 0 fully saturated rings. The van der Waals surface area contributed by atoms with Gasteiger partial charge in [0.05, 0.1) is 19.8 Å². The number of aromatic carboxylic acids is 1. The van der Waals surface area contributed by atoms with E-state index in [-0.39, 0.29) is 16.7 Å². The maximum absolute atomic E-state index is 13.2. The number of alkyl halides is 9. The highest BCUT2D eigenvalue weighted by Gasteiger charge is 2.60. The number of nitrogens with one attached hydrogen (secondary N) is 3. The molecule has 0 saturated heterocycles. The zero-order chi connectivity index (χ0) is 73.8. The van der Waals surface area contributed by atoms with Gasteiger partial charge in [0.1, 0.15) is 18.0 Å². The monoisotopic (exact) mass is 1360 g/mol. The summed E-state index contributed by atoms with van der Waals surface area (Å²) in [5.41, 5.74) is 13.7. The van der Waals surface area contributed by atoms with Crippen molar-refractivity contribution in [2.75, 3.05) is 38.5 Å². The number of esters is 2. The lowest BCUT2D eigenvalue weighted by atomic mass is 9.83. The normalized spacial score (nSPS) is 13.2. The number of methoxy groups -OCH3 is 2. The van der Waals surface area contributed by atoms with Crippen molar-refractivity contribution in [1.29, 1.82) is 0 Å². The van der Waals surface area contributed by atoms with Crippen LogP contribution >= 0.6 is 0 Å². The summed E-state index contributed by atoms with van der Waals surface area (Å²) in [6, 6.07) is 34.1. The number of aliphatic hydroxyl groups is 3. The van der Waals surface area contributed by atoms with Gasteiger partial charge in [0.15, 0.2) is 22.6 Å². The summed E-state index contributed by atoms with van der Waals surface area (Å²) >= 11 is 0. The quantitative estimate of drug-likeness (QED) is 0.0102. The van der Waals surface area contributed by atoms with E-state index in [2.05, 4.69) is 85.8 Å². The van der Waals surface area contributed by atoms with E-state index in [1.807, 2.05) is 12.1 Å². The van der Waals surface area contributed by atoms with Crippen LogP contribution in [0.15, 0.2) is 146 Å². The van der Waals surface area contributed by atoms with Crippen molar-refractivity contribution in [1.82, 2.24) is 16.1 Å². The second-order valence-electron chi connectivity index (χ2n) is 20.7. The fourth-order valence-electron chi connectivity index (χ4n) is 7.43. The van der Waals surface area contributed by atoms with E-state index in [0.717, 1.165) is 49.0 Å². The molecule has 6 aromatic rings. The van der Waals surface area contributed by atoms with Gasteiger partial charge in [-0.05, 0) is 197 Å². The first-order chi connectivity index (χ1) is 45.7. The Morgan fingerprint density at radius 3 is 0.980 bits per heavy atom. The smallest absolute Gasteiger partial charge is 0.419 e. The number of carboxylic acids is 1. The van der Waals surface area contributed by atoms with E-state index in [0.29, 0.717) is 49.0 Å². The Bertz CT molecular complexity index is 3990. The first kappa shape index (κ1) is 80.5. The third kappa shape index (κ3) is 24.6. The number of ketones is 1. The van der Waals surface area contributed by atoms with E-state index in [9.17, 15) is 78.5 Å². The van der Waals surface area contributed by atoms with Crippen molar-refractivity contribution in [3.63, 3.8) is 0 Å². The number of hydroxylamine groups is 1. The molecule has 19 nitrogen and oxygen atoms in total. The maximum atomic E-state index is 13.2. The highest BCUT2D eigenvalue weighted by Crippen LogP contribution is 2.39. The molecule has 0 saturated carbocycles. The summed E-state index contributed by atoms with van der Waals surface area (Å²) in [5.74, 6) is 24.0. The maximum Gasteiger partial charge on any atom is 0.419 e. The highest BCUT2D eigenvalue weighted by atomic mass is 19.4. The molecule has 28 heteroatoms. The lowest BCUT2D eigenvalue weighted by Crippen LogP contribution is -2.64. The number of carbonyl (C=O) groups excluding carboxylic acids is 5. The Kier molecular flexibility index (Phi) is 29.8. The summed E-state index contributed by atoms with van der Waals surface area (Å²) in [6.07, 6.45) is -16.2. The molecule has 6 atom stereocenters. The summed E-state index contributed by atoms with van der Waals surface area (Å²) < 4.78 is 124. The molecule has 14 N–H and O–H groups in total. The van der Waals surface area contributed by atoms with Crippen molar-refractivity contribution in [3.8, 4) is 71.0 Å². The fourth-order valence-corrected chi connectivity index (χ4v) is 7.43. The Morgan fingerprint density at radius 1 is 0.439 bits per heavy atom. The van der Waals surface area contributed by atoms with Crippen LogP contribution in [-0.4, -0.2) is 130 Å². The molecule has 0 aliphatic rings. The Hall–Kier alpha value is -11.7. The van der Waals surface area contributed by atoms with Gasteiger partial charge in [-0.3, -0.25) is 29.2 Å². The third-order valence-corrected chi connectivity index (χ3v) is 13.4.